The van der Waals surface area contributed by atoms with Gasteiger partial charge in [-0.1, -0.05) is 17.7 Å². The van der Waals surface area contributed by atoms with Gasteiger partial charge in [-0.2, -0.15) is 0 Å². The zero-order chi connectivity index (χ0) is 12.6. The molecule has 0 aliphatic rings. The van der Waals surface area contributed by atoms with Gasteiger partial charge in [0.2, 0.25) is 0 Å². The highest BCUT2D eigenvalue weighted by Crippen LogP contribution is 2.30. The molecule has 17 heavy (non-hydrogen) atoms. The molecule has 0 fully saturated rings. The summed E-state index contributed by atoms with van der Waals surface area (Å²) in [6.07, 6.45) is 0. The first-order chi connectivity index (χ1) is 8.00. The van der Waals surface area contributed by atoms with Gasteiger partial charge in [0.05, 0.1) is 15.2 Å². The van der Waals surface area contributed by atoms with E-state index in [0.29, 0.717) is 5.02 Å². The second-order valence-corrected chi connectivity index (χ2v) is 5.08. The van der Waals surface area contributed by atoms with E-state index in [9.17, 15) is 4.79 Å². The van der Waals surface area contributed by atoms with Gasteiger partial charge in [-0.3, -0.25) is 4.79 Å². The molecule has 0 bridgehead atoms. The van der Waals surface area contributed by atoms with Gasteiger partial charge in [0.15, 0.2) is 5.43 Å². The molecule has 88 valence electrons. The Balaban J connectivity index is 2.77. The molecule has 2 aromatic rings. The lowest BCUT2D eigenvalue weighted by Crippen LogP contribution is -2.11. The number of rotatable bonds is 1. The third-order valence-corrected chi connectivity index (χ3v) is 3.96. The number of aryl methyl sites for hydroxylation is 2. The quantitative estimate of drug-likeness (QED) is 0.783. The van der Waals surface area contributed by atoms with Crippen molar-refractivity contribution >= 4 is 27.5 Å². The Morgan fingerprint density at radius 1 is 1.18 bits per heavy atom. The van der Waals surface area contributed by atoms with E-state index in [0.717, 1.165) is 21.5 Å². The molecule has 0 spiro atoms. The summed E-state index contributed by atoms with van der Waals surface area (Å²) in [6.45, 7) is 3.81. The monoisotopic (exact) mass is 311 g/mol. The molecule has 2 nitrogen and oxygen atoms in total. The molecule has 0 unspecified atom stereocenters. The summed E-state index contributed by atoms with van der Waals surface area (Å²) in [5.41, 5.74) is 2.73. The van der Waals surface area contributed by atoms with Crippen LogP contribution in [-0.4, -0.2) is 4.57 Å². The Morgan fingerprint density at radius 3 is 2.35 bits per heavy atom. The van der Waals surface area contributed by atoms with Crippen LogP contribution in [0.2, 0.25) is 5.02 Å². The van der Waals surface area contributed by atoms with Crippen molar-refractivity contribution in [2.75, 3.05) is 0 Å². The highest BCUT2D eigenvalue weighted by atomic mass is 79.9. The maximum Gasteiger partial charge on any atom is 0.182 e. The summed E-state index contributed by atoms with van der Waals surface area (Å²) in [5.74, 6) is 0. The minimum absolute atomic E-state index is 0.0226. The van der Waals surface area contributed by atoms with Crippen molar-refractivity contribution < 1.29 is 0 Å². The zero-order valence-electron chi connectivity index (χ0n) is 9.50. The molecule has 1 aromatic carbocycles. The largest absolute Gasteiger partial charge is 0.317 e. The molecule has 4 heteroatoms. The summed E-state index contributed by atoms with van der Waals surface area (Å²) in [4.78, 5) is 11.4. The number of pyridine rings is 1. The molecule has 0 N–H and O–H groups in total. The lowest BCUT2D eigenvalue weighted by atomic mass is 10.2. The van der Waals surface area contributed by atoms with Crippen molar-refractivity contribution in [3.63, 3.8) is 0 Å². The first-order valence-electron chi connectivity index (χ1n) is 5.15. The number of benzene rings is 1. The van der Waals surface area contributed by atoms with Gasteiger partial charge < -0.3 is 4.57 Å². The molecule has 0 aliphatic heterocycles. The van der Waals surface area contributed by atoms with Gasteiger partial charge in [0.25, 0.3) is 0 Å². The predicted octanol–water partition coefficient (Wildman–Crippen LogP) is 3.87. The molecular weight excluding hydrogens is 302 g/mol. The first kappa shape index (κ1) is 12.4. The van der Waals surface area contributed by atoms with Gasteiger partial charge in [-0.15, -0.1) is 0 Å². The summed E-state index contributed by atoms with van der Waals surface area (Å²) in [5, 5.41) is 0.653. The average molecular weight is 313 g/mol. The van der Waals surface area contributed by atoms with Crippen LogP contribution in [0.3, 0.4) is 0 Å². The van der Waals surface area contributed by atoms with E-state index >= 15 is 0 Å². The van der Waals surface area contributed by atoms with Gasteiger partial charge >= 0.3 is 0 Å². The second-order valence-electron chi connectivity index (χ2n) is 3.88. The Kier molecular flexibility index (Phi) is 3.40. The van der Waals surface area contributed by atoms with Crippen LogP contribution in [0, 0.1) is 13.8 Å². The van der Waals surface area contributed by atoms with E-state index in [1.807, 2.05) is 36.6 Å². The fourth-order valence-corrected chi connectivity index (χ4v) is 2.52. The van der Waals surface area contributed by atoms with Crippen molar-refractivity contribution in [1.82, 2.24) is 4.57 Å². The van der Waals surface area contributed by atoms with Crippen LogP contribution in [0.25, 0.3) is 5.69 Å². The fraction of sp³-hybridized carbons (Fsp3) is 0.154. The van der Waals surface area contributed by atoms with Crippen LogP contribution in [-0.2, 0) is 0 Å². The van der Waals surface area contributed by atoms with E-state index < -0.39 is 0 Å². The van der Waals surface area contributed by atoms with Crippen molar-refractivity contribution in [3.8, 4) is 5.69 Å². The van der Waals surface area contributed by atoms with Crippen LogP contribution >= 0.6 is 27.5 Å². The molecular formula is C13H11BrClNO. The highest BCUT2D eigenvalue weighted by Gasteiger charge is 2.09. The molecule has 2 rings (SSSR count). The van der Waals surface area contributed by atoms with Crippen molar-refractivity contribution in [2.24, 2.45) is 0 Å². The van der Waals surface area contributed by atoms with Crippen LogP contribution in [0.5, 0.6) is 0 Å². The number of hydrogen-bond acceptors (Lipinski definition) is 1. The van der Waals surface area contributed by atoms with Crippen molar-refractivity contribution in [3.05, 3.63) is 61.4 Å². The number of hydrogen-bond donors (Lipinski definition) is 0. The zero-order valence-corrected chi connectivity index (χ0v) is 11.8. The Bertz CT molecular complexity index is 608. The fourth-order valence-electron chi connectivity index (χ4n) is 1.91. The van der Waals surface area contributed by atoms with E-state index in [1.165, 1.54) is 0 Å². The minimum atomic E-state index is 0.0226. The topological polar surface area (TPSA) is 22.0 Å². The van der Waals surface area contributed by atoms with Gasteiger partial charge in [0.1, 0.15) is 0 Å². The van der Waals surface area contributed by atoms with E-state index in [2.05, 4.69) is 15.9 Å². The lowest BCUT2D eigenvalue weighted by Gasteiger charge is -2.16. The van der Waals surface area contributed by atoms with E-state index in [-0.39, 0.29) is 5.43 Å². The molecule has 1 heterocycles. The SMILES string of the molecule is Cc1cc(=O)cc(C)n1-c1cccc(Cl)c1Br. The number of nitrogens with zero attached hydrogens (tertiary/aromatic N) is 1. The van der Waals surface area contributed by atoms with Gasteiger partial charge in [0, 0.05) is 23.5 Å². The van der Waals surface area contributed by atoms with Crippen molar-refractivity contribution in [2.45, 2.75) is 13.8 Å². The van der Waals surface area contributed by atoms with Crippen LogP contribution in [0.4, 0.5) is 0 Å². The maximum atomic E-state index is 11.4. The summed E-state index contributed by atoms with van der Waals surface area (Å²) in [7, 11) is 0. The third-order valence-electron chi connectivity index (χ3n) is 2.58. The standard InChI is InChI=1S/C13H11BrClNO/c1-8-6-10(17)7-9(2)16(8)12-5-3-4-11(15)13(12)14/h3-7H,1-2H3. The molecule has 1 aromatic heterocycles. The number of aromatic nitrogens is 1. The van der Waals surface area contributed by atoms with Crippen molar-refractivity contribution in [1.29, 1.82) is 0 Å². The van der Waals surface area contributed by atoms with Crippen LogP contribution < -0.4 is 5.43 Å². The number of halogens is 2. The Morgan fingerprint density at radius 2 is 1.76 bits per heavy atom. The van der Waals surface area contributed by atoms with E-state index in [1.54, 1.807) is 12.1 Å². The van der Waals surface area contributed by atoms with Crippen LogP contribution in [0.1, 0.15) is 11.4 Å². The smallest absolute Gasteiger partial charge is 0.182 e. The summed E-state index contributed by atoms with van der Waals surface area (Å²) in [6, 6.07) is 8.89. The summed E-state index contributed by atoms with van der Waals surface area (Å²) < 4.78 is 2.83. The molecule has 0 atom stereocenters. The molecule has 0 amide bonds. The Labute approximate surface area is 113 Å². The average Bonchev–Trinajstić information content (AvgIpc) is 2.23. The minimum Gasteiger partial charge on any atom is -0.317 e. The molecule has 0 saturated heterocycles. The highest BCUT2D eigenvalue weighted by molar-refractivity contribution is 9.10. The third kappa shape index (κ3) is 2.31. The predicted molar refractivity (Wildman–Crippen MR) is 74.2 cm³/mol. The van der Waals surface area contributed by atoms with Gasteiger partial charge in [-0.25, -0.2) is 0 Å². The molecule has 0 saturated carbocycles. The normalized spacial score (nSPS) is 10.6. The molecule has 0 radical (unpaired) electrons. The van der Waals surface area contributed by atoms with E-state index in [4.69, 9.17) is 11.6 Å². The lowest BCUT2D eigenvalue weighted by molar-refractivity contribution is 0.918. The maximum absolute atomic E-state index is 11.4. The Hall–Kier alpha value is -1.06. The first-order valence-corrected chi connectivity index (χ1v) is 6.32. The molecule has 0 aliphatic carbocycles. The van der Waals surface area contributed by atoms with Crippen LogP contribution in [0.15, 0.2) is 39.6 Å². The second kappa shape index (κ2) is 4.67. The summed E-state index contributed by atoms with van der Waals surface area (Å²) >= 11 is 9.55. The van der Waals surface area contributed by atoms with Gasteiger partial charge in [-0.05, 0) is 41.9 Å².